The van der Waals surface area contributed by atoms with Gasteiger partial charge >= 0.3 is 0 Å². The fourth-order valence-corrected chi connectivity index (χ4v) is 3.05. The van der Waals surface area contributed by atoms with E-state index in [-0.39, 0.29) is 5.91 Å². The number of thioether (sulfide) groups is 1. The third-order valence-corrected chi connectivity index (χ3v) is 4.13. The summed E-state index contributed by atoms with van der Waals surface area (Å²) in [6.07, 6.45) is 2.66. The van der Waals surface area contributed by atoms with Gasteiger partial charge in [0, 0.05) is 24.1 Å². The van der Waals surface area contributed by atoms with Gasteiger partial charge in [0.15, 0.2) is 5.16 Å². The molecule has 0 fully saturated rings. The van der Waals surface area contributed by atoms with Crippen molar-refractivity contribution in [2.45, 2.75) is 18.5 Å². The van der Waals surface area contributed by atoms with Crippen molar-refractivity contribution in [1.29, 1.82) is 0 Å². The van der Waals surface area contributed by atoms with E-state index in [1.54, 1.807) is 6.20 Å². The molecule has 0 atom stereocenters. The summed E-state index contributed by atoms with van der Waals surface area (Å²) in [5.41, 5.74) is 3.21. The molecule has 1 aliphatic heterocycles. The van der Waals surface area contributed by atoms with Gasteiger partial charge in [0.1, 0.15) is 0 Å². The normalized spacial score (nSPS) is 13.3. The SMILES string of the molecule is Cc1ccnc(SCC(=O)N2CCc3ccccc32)n1. The van der Waals surface area contributed by atoms with Gasteiger partial charge in [-0.25, -0.2) is 9.97 Å². The smallest absolute Gasteiger partial charge is 0.237 e. The lowest BCUT2D eigenvalue weighted by molar-refractivity contribution is -0.116. The highest BCUT2D eigenvalue weighted by Crippen LogP contribution is 2.28. The Bertz CT molecular complexity index is 645. The van der Waals surface area contributed by atoms with E-state index in [1.807, 2.05) is 36.1 Å². The van der Waals surface area contributed by atoms with E-state index in [4.69, 9.17) is 0 Å². The molecule has 0 saturated carbocycles. The van der Waals surface area contributed by atoms with E-state index < -0.39 is 0 Å². The molecule has 0 bridgehead atoms. The highest BCUT2D eigenvalue weighted by molar-refractivity contribution is 7.99. The van der Waals surface area contributed by atoms with Crippen LogP contribution in [-0.2, 0) is 11.2 Å². The number of hydrogen-bond acceptors (Lipinski definition) is 4. The summed E-state index contributed by atoms with van der Waals surface area (Å²) < 4.78 is 0. The Balaban J connectivity index is 1.66. The molecule has 1 amide bonds. The molecule has 0 spiro atoms. The number of hydrogen-bond donors (Lipinski definition) is 0. The summed E-state index contributed by atoms with van der Waals surface area (Å²) in [6, 6.07) is 9.93. The maximum atomic E-state index is 12.3. The maximum Gasteiger partial charge on any atom is 0.237 e. The lowest BCUT2D eigenvalue weighted by atomic mass is 10.2. The molecule has 0 aliphatic carbocycles. The number of para-hydroxylation sites is 1. The molecule has 1 aromatic carbocycles. The Hall–Kier alpha value is -1.88. The zero-order valence-electron chi connectivity index (χ0n) is 11.2. The first-order valence-corrected chi connectivity index (χ1v) is 7.53. The lowest BCUT2D eigenvalue weighted by Gasteiger charge is -2.16. The first-order chi connectivity index (χ1) is 9.74. The number of benzene rings is 1. The van der Waals surface area contributed by atoms with Crippen LogP contribution in [0.5, 0.6) is 0 Å². The second-order valence-corrected chi connectivity index (χ2v) is 5.64. The van der Waals surface area contributed by atoms with Gasteiger partial charge in [0.05, 0.1) is 5.75 Å². The van der Waals surface area contributed by atoms with Crippen molar-refractivity contribution in [3.05, 3.63) is 47.8 Å². The fourth-order valence-electron chi connectivity index (χ4n) is 2.30. The van der Waals surface area contributed by atoms with Gasteiger partial charge in [-0.15, -0.1) is 0 Å². The van der Waals surface area contributed by atoms with Gasteiger partial charge in [-0.05, 0) is 31.0 Å². The minimum absolute atomic E-state index is 0.116. The number of fused-ring (bicyclic) bond motifs is 1. The Morgan fingerprint density at radius 3 is 3.05 bits per heavy atom. The highest BCUT2D eigenvalue weighted by Gasteiger charge is 2.24. The Labute approximate surface area is 122 Å². The average Bonchev–Trinajstić information content (AvgIpc) is 2.89. The predicted octanol–water partition coefficient (Wildman–Crippen LogP) is 2.47. The van der Waals surface area contributed by atoms with Crippen LogP contribution in [0.15, 0.2) is 41.7 Å². The van der Waals surface area contributed by atoms with Crippen molar-refractivity contribution < 1.29 is 4.79 Å². The molecule has 0 unspecified atom stereocenters. The second-order valence-electron chi connectivity index (χ2n) is 4.69. The van der Waals surface area contributed by atoms with Gasteiger partial charge in [-0.1, -0.05) is 30.0 Å². The summed E-state index contributed by atoms with van der Waals surface area (Å²) in [4.78, 5) is 22.6. The molecule has 5 heteroatoms. The number of aryl methyl sites for hydroxylation is 1. The van der Waals surface area contributed by atoms with Crippen LogP contribution in [0.3, 0.4) is 0 Å². The van der Waals surface area contributed by atoms with Crippen LogP contribution in [0.2, 0.25) is 0 Å². The molecule has 2 aromatic rings. The van der Waals surface area contributed by atoms with E-state index in [0.717, 1.165) is 24.3 Å². The van der Waals surface area contributed by atoms with Crippen molar-refractivity contribution >= 4 is 23.4 Å². The number of aromatic nitrogens is 2. The quantitative estimate of drug-likeness (QED) is 0.642. The molecule has 20 heavy (non-hydrogen) atoms. The van der Waals surface area contributed by atoms with Crippen molar-refractivity contribution in [3.63, 3.8) is 0 Å². The molecule has 4 nitrogen and oxygen atoms in total. The van der Waals surface area contributed by atoms with E-state index >= 15 is 0 Å². The number of carbonyl (C=O) groups is 1. The predicted molar refractivity (Wildman–Crippen MR) is 80.0 cm³/mol. The molecule has 3 rings (SSSR count). The zero-order valence-corrected chi connectivity index (χ0v) is 12.1. The number of rotatable bonds is 3. The number of nitrogens with zero attached hydrogens (tertiary/aromatic N) is 3. The Morgan fingerprint density at radius 2 is 2.20 bits per heavy atom. The first-order valence-electron chi connectivity index (χ1n) is 6.55. The number of amides is 1. The molecule has 0 N–H and O–H groups in total. The highest BCUT2D eigenvalue weighted by atomic mass is 32.2. The summed E-state index contributed by atoms with van der Waals surface area (Å²) in [6.45, 7) is 2.69. The minimum Gasteiger partial charge on any atom is -0.311 e. The van der Waals surface area contributed by atoms with Gasteiger partial charge in [-0.2, -0.15) is 0 Å². The second kappa shape index (κ2) is 5.63. The third-order valence-electron chi connectivity index (χ3n) is 3.29. The molecule has 0 saturated heterocycles. The molecule has 1 aliphatic rings. The van der Waals surface area contributed by atoms with Gasteiger partial charge < -0.3 is 4.90 Å². The van der Waals surface area contributed by atoms with Crippen LogP contribution >= 0.6 is 11.8 Å². The van der Waals surface area contributed by atoms with Crippen LogP contribution in [0, 0.1) is 6.92 Å². The summed E-state index contributed by atoms with van der Waals surface area (Å²) in [7, 11) is 0. The van der Waals surface area contributed by atoms with Crippen LogP contribution in [0.25, 0.3) is 0 Å². The Morgan fingerprint density at radius 1 is 1.35 bits per heavy atom. The molecule has 102 valence electrons. The first kappa shape index (κ1) is 13.1. The van der Waals surface area contributed by atoms with Gasteiger partial charge in [0.2, 0.25) is 5.91 Å². The molecule has 1 aromatic heterocycles. The lowest BCUT2D eigenvalue weighted by Crippen LogP contribution is -2.30. The molecule has 0 radical (unpaired) electrons. The standard InChI is InChI=1S/C15H15N3OS/c1-11-6-8-16-15(17-11)20-10-14(19)18-9-7-12-4-2-3-5-13(12)18/h2-6,8H,7,9-10H2,1H3. The monoisotopic (exact) mass is 285 g/mol. The molecular formula is C15H15N3OS. The zero-order chi connectivity index (χ0) is 13.9. The van der Waals surface area contributed by atoms with E-state index in [0.29, 0.717) is 10.9 Å². The van der Waals surface area contributed by atoms with Crippen molar-refractivity contribution in [3.8, 4) is 0 Å². The summed E-state index contributed by atoms with van der Waals surface area (Å²) >= 11 is 1.39. The van der Waals surface area contributed by atoms with Crippen LogP contribution in [0.4, 0.5) is 5.69 Å². The van der Waals surface area contributed by atoms with Crippen molar-refractivity contribution in [1.82, 2.24) is 9.97 Å². The van der Waals surface area contributed by atoms with Crippen molar-refractivity contribution in [2.24, 2.45) is 0 Å². The average molecular weight is 285 g/mol. The van der Waals surface area contributed by atoms with Crippen LogP contribution < -0.4 is 4.90 Å². The van der Waals surface area contributed by atoms with Gasteiger partial charge in [-0.3, -0.25) is 4.79 Å². The topological polar surface area (TPSA) is 46.1 Å². The Kier molecular flexibility index (Phi) is 3.69. The van der Waals surface area contributed by atoms with E-state index in [1.165, 1.54) is 17.3 Å². The third kappa shape index (κ3) is 2.67. The molecule has 2 heterocycles. The minimum atomic E-state index is 0.116. The van der Waals surface area contributed by atoms with E-state index in [2.05, 4.69) is 16.0 Å². The summed E-state index contributed by atoms with van der Waals surface area (Å²) in [5.74, 6) is 0.489. The largest absolute Gasteiger partial charge is 0.311 e. The van der Waals surface area contributed by atoms with Gasteiger partial charge in [0.25, 0.3) is 0 Å². The number of carbonyl (C=O) groups excluding carboxylic acids is 1. The van der Waals surface area contributed by atoms with Crippen molar-refractivity contribution in [2.75, 3.05) is 17.2 Å². The molecular weight excluding hydrogens is 270 g/mol. The number of anilines is 1. The van der Waals surface area contributed by atoms with Crippen LogP contribution in [-0.4, -0.2) is 28.2 Å². The van der Waals surface area contributed by atoms with Crippen LogP contribution in [0.1, 0.15) is 11.3 Å². The summed E-state index contributed by atoms with van der Waals surface area (Å²) in [5, 5.41) is 0.658. The fraction of sp³-hybridized carbons (Fsp3) is 0.267. The van der Waals surface area contributed by atoms with E-state index in [9.17, 15) is 4.79 Å². The maximum absolute atomic E-state index is 12.3.